The first-order valence-electron chi connectivity index (χ1n) is 7.75. The summed E-state index contributed by atoms with van der Waals surface area (Å²) in [6, 6.07) is 7.43. The molecule has 128 valence electrons. The van der Waals surface area contributed by atoms with E-state index in [0.29, 0.717) is 5.69 Å². The lowest BCUT2D eigenvalue weighted by molar-refractivity contribution is -0.384. The summed E-state index contributed by atoms with van der Waals surface area (Å²) in [5.41, 5.74) is 0.857. The lowest BCUT2D eigenvalue weighted by Gasteiger charge is -2.36. The smallest absolute Gasteiger partial charge is 0.293 e. The summed E-state index contributed by atoms with van der Waals surface area (Å²) in [7, 11) is 0. The lowest BCUT2D eigenvalue weighted by atomic mass is 10.2. The molecule has 0 unspecified atom stereocenters. The van der Waals surface area contributed by atoms with Crippen LogP contribution in [0.25, 0.3) is 10.2 Å². The lowest BCUT2D eigenvalue weighted by Crippen LogP contribution is -2.47. The van der Waals surface area contributed by atoms with Crippen molar-refractivity contribution in [2.75, 3.05) is 36.0 Å². The number of hydrogen-bond donors (Lipinski definition) is 0. The molecule has 1 fully saturated rings. The molecule has 9 heteroatoms. The molecule has 1 aliphatic rings. The van der Waals surface area contributed by atoms with Crippen molar-refractivity contribution >= 4 is 61.3 Å². The molecule has 7 nitrogen and oxygen atoms in total. The summed E-state index contributed by atoms with van der Waals surface area (Å²) in [6.45, 7) is 2.98. The monoisotopic (exact) mass is 467 g/mol. The molecule has 1 aliphatic heterocycles. The van der Waals surface area contributed by atoms with Gasteiger partial charge >= 0.3 is 0 Å². The molecule has 1 saturated heterocycles. The van der Waals surface area contributed by atoms with E-state index in [2.05, 4.69) is 42.4 Å². The summed E-state index contributed by atoms with van der Waals surface area (Å²) in [6.07, 6.45) is 1.60. The molecular formula is C16H14IN5O2S. The topological polar surface area (TPSA) is 75.4 Å². The van der Waals surface area contributed by atoms with Gasteiger partial charge in [-0.2, -0.15) is 0 Å². The van der Waals surface area contributed by atoms with Crippen LogP contribution in [0.1, 0.15) is 0 Å². The fourth-order valence-corrected chi connectivity index (χ4v) is 4.30. The van der Waals surface area contributed by atoms with Gasteiger partial charge in [-0.15, -0.1) is 11.3 Å². The number of thiophene rings is 1. The number of benzene rings is 1. The summed E-state index contributed by atoms with van der Waals surface area (Å²) in [5, 5.41) is 14.5. The van der Waals surface area contributed by atoms with E-state index < -0.39 is 0 Å². The number of rotatable bonds is 3. The average molecular weight is 467 g/mol. The van der Waals surface area contributed by atoms with Gasteiger partial charge in [-0.1, -0.05) is 0 Å². The van der Waals surface area contributed by atoms with Crippen molar-refractivity contribution in [3.63, 3.8) is 0 Å². The highest BCUT2D eigenvalue weighted by molar-refractivity contribution is 14.1. The van der Waals surface area contributed by atoms with Crippen LogP contribution in [-0.4, -0.2) is 41.1 Å². The maximum atomic E-state index is 11.4. The number of nitro groups is 1. The van der Waals surface area contributed by atoms with Crippen LogP contribution in [0.5, 0.6) is 0 Å². The fourth-order valence-electron chi connectivity index (χ4n) is 3.10. The third kappa shape index (κ3) is 3.13. The number of piperazine rings is 1. The van der Waals surface area contributed by atoms with E-state index in [4.69, 9.17) is 0 Å². The second-order valence-corrected chi connectivity index (χ2v) is 7.84. The Kier molecular flexibility index (Phi) is 4.42. The van der Waals surface area contributed by atoms with E-state index in [-0.39, 0.29) is 10.6 Å². The zero-order valence-corrected chi connectivity index (χ0v) is 16.1. The van der Waals surface area contributed by atoms with Gasteiger partial charge in [0, 0.05) is 35.8 Å². The Morgan fingerprint density at radius 3 is 2.64 bits per heavy atom. The highest BCUT2D eigenvalue weighted by atomic mass is 127. The Labute approximate surface area is 161 Å². The number of hydrogen-bond acceptors (Lipinski definition) is 7. The van der Waals surface area contributed by atoms with E-state index in [1.54, 1.807) is 23.7 Å². The molecule has 0 N–H and O–H groups in total. The summed E-state index contributed by atoms with van der Waals surface area (Å²) in [5.74, 6) is 0.947. The Balaban J connectivity index is 1.56. The largest absolute Gasteiger partial charge is 0.362 e. The standard InChI is InChI=1S/C16H14IN5O2S/c17-11-1-2-13(14(9-11)22(23)24)20-4-6-21(7-5-20)15-12-3-8-25-16(12)19-10-18-15/h1-3,8-10H,4-7H2. The van der Waals surface area contributed by atoms with E-state index in [1.165, 1.54) is 0 Å². The Bertz CT molecular complexity index is 939. The van der Waals surface area contributed by atoms with Crippen molar-refractivity contribution in [2.45, 2.75) is 0 Å². The molecular weight excluding hydrogens is 453 g/mol. The maximum Gasteiger partial charge on any atom is 0.293 e. The molecule has 3 aromatic rings. The third-order valence-electron chi connectivity index (χ3n) is 4.29. The number of nitrogens with zero attached hydrogens (tertiary/aromatic N) is 5. The zero-order valence-electron chi connectivity index (χ0n) is 13.1. The molecule has 1 aromatic carbocycles. The van der Waals surface area contributed by atoms with Crippen LogP contribution in [-0.2, 0) is 0 Å². The van der Waals surface area contributed by atoms with Crippen LogP contribution in [0, 0.1) is 13.7 Å². The summed E-state index contributed by atoms with van der Waals surface area (Å²) >= 11 is 3.71. The van der Waals surface area contributed by atoms with E-state index in [1.807, 2.05) is 23.6 Å². The molecule has 2 aromatic heterocycles. The zero-order chi connectivity index (χ0) is 17.4. The first kappa shape index (κ1) is 16.5. The van der Waals surface area contributed by atoms with Crippen molar-refractivity contribution < 1.29 is 4.92 Å². The van der Waals surface area contributed by atoms with E-state index in [9.17, 15) is 10.1 Å². The summed E-state index contributed by atoms with van der Waals surface area (Å²) < 4.78 is 0.868. The molecule has 25 heavy (non-hydrogen) atoms. The Hall–Kier alpha value is -2.01. The minimum Gasteiger partial charge on any atom is -0.362 e. The molecule has 0 bridgehead atoms. The Morgan fingerprint density at radius 2 is 1.88 bits per heavy atom. The van der Waals surface area contributed by atoms with Crippen LogP contribution < -0.4 is 9.80 Å². The van der Waals surface area contributed by atoms with E-state index in [0.717, 1.165) is 45.8 Å². The van der Waals surface area contributed by atoms with Gasteiger partial charge in [-0.25, -0.2) is 9.97 Å². The van der Waals surface area contributed by atoms with Gasteiger partial charge in [-0.05, 0) is 46.2 Å². The predicted molar refractivity (Wildman–Crippen MR) is 108 cm³/mol. The average Bonchev–Trinajstić information content (AvgIpc) is 3.10. The van der Waals surface area contributed by atoms with Gasteiger partial charge in [0.2, 0.25) is 0 Å². The number of aromatic nitrogens is 2. The quantitative estimate of drug-likeness (QED) is 0.334. The molecule has 4 rings (SSSR count). The molecule has 0 atom stereocenters. The van der Waals surface area contributed by atoms with Crippen molar-refractivity contribution in [1.29, 1.82) is 0 Å². The molecule has 0 radical (unpaired) electrons. The first-order chi connectivity index (χ1) is 12.1. The van der Waals surface area contributed by atoms with Crippen LogP contribution in [0.2, 0.25) is 0 Å². The van der Waals surface area contributed by atoms with Gasteiger partial charge in [0.15, 0.2) is 0 Å². The number of halogens is 1. The molecule has 0 spiro atoms. The van der Waals surface area contributed by atoms with Gasteiger partial charge in [0.05, 0.1) is 10.3 Å². The second-order valence-electron chi connectivity index (χ2n) is 5.70. The van der Waals surface area contributed by atoms with Crippen LogP contribution in [0.3, 0.4) is 0 Å². The van der Waals surface area contributed by atoms with Crippen LogP contribution >= 0.6 is 33.9 Å². The van der Waals surface area contributed by atoms with Crippen molar-refractivity contribution in [2.24, 2.45) is 0 Å². The second kappa shape index (κ2) is 6.71. The maximum absolute atomic E-state index is 11.4. The minimum absolute atomic E-state index is 0.169. The SMILES string of the molecule is O=[N+]([O-])c1cc(I)ccc1N1CCN(c2ncnc3sccc23)CC1. The van der Waals surface area contributed by atoms with Gasteiger partial charge in [0.1, 0.15) is 22.7 Å². The van der Waals surface area contributed by atoms with Crippen molar-refractivity contribution in [3.8, 4) is 0 Å². The predicted octanol–water partition coefficient (Wildman–Crippen LogP) is 3.53. The fraction of sp³-hybridized carbons (Fsp3) is 0.250. The van der Waals surface area contributed by atoms with Crippen molar-refractivity contribution in [3.05, 3.63) is 49.7 Å². The Morgan fingerprint density at radius 1 is 1.12 bits per heavy atom. The highest BCUT2D eigenvalue weighted by Gasteiger charge is 2.25. The van der Waals surface area contributed by atoms with Gasteiger partial charge in [-0.3, -0.25) is 10.1 Å². The number of nitro benzene ring substituents is 1. The van der Waals surface area contributed by atoms with Gasteiger partial charge in [0.25, 0.3) is 5.69 Å². The third-order valence-corrected chi connectivity index (χ3v) is 5.79. The van der Waals surface area contributed by atoms with E-state index >= 15 is 0 Å². The first-order valence-corrected chi connectivity index (χ1v) is 9.71. The minimum atomic E-state index is -0.302. The summed E-state index contributed by atoms with van der Waals surface area (Å²) in [4.78, 5) is 25.1. The van der Waals surface area contributed by atoms with Gasteiger partial charge < -0.3 is 9.80 Å². The normalized spacial score (nSPS) is 14.9. The molecule has 0 saturated carbocycles. The highest BCUT2D eigenvalue weighted by Crippen LogP contribution is 2.32. The molecule has 0 aliphatic carbocycles. The van der Waals surface area contributed by atoms with Crippen LogP contribution in [0.15, 0.2) is 36.0 Å². The number of fused-ring (bicyclic) bond motifs is 1. The number of anilines is 2. The van der Waals surface area contributed by atoms with Crippen molar-refractivity contribution in [1.82, 2.24) is 9.97 Å². The molecule has 0 amide bonds. The van der Waals surface area contributed by atoms with Crippen LogP contribution in [0.4, 0.5) is 17.2 Å². The molecule has 3 heterocycles.